The van der Waals surface area contributed by atoms with Crippen LogP contribution in [0.15, 0.2) is 84.4 Å². The third-order valence-corrected chi connectivity index (χ3v) is 5.59. The highest BCUT2D eigenvalue weighted by molar-refractivity contribution is 6.46. The summed E-state index contributed by atoms with van der Waals surface area (Å²) in [5, 5.41) is 11.0. The minimum atomic E-state index is -1.03. The zero-order valence-corrected chi connectivity index (χ0v) is 17.5. The second-order valence-electron chi connectivity index (χ2n) is 7.48. The normalized spacial score (nSPS) is 17.6. The van der Waals surface area contributed by atoms with Gasteiger partial charge in [-0.25, -0.2) is 4.39 Å². The van der Waals surface area contributed by atoms with Crippen molar-refractivity contribution in [2.45, 2.75) is 12.5 Å². The number of hydrogen-bond donors (Lipinski definition) is 1. The first-order valence-corrected chi connectivity index (χ1v) is 10.2. The molecule has 6 heteroatoms. The Morgan fingerprint density at radius 1 is 0.969 bits per heavy atom. The van der Waals surface area contributed by atoms with Gasteiger partial charge in [-0.15, -0.1) is 0 Å². The van der Waals surface area contributed by atoms with Crippen molar-refractivity contribution in [1.29, 1.82) is 0 Å². The predicted octanol–water partition coefficient (Wildman–Crippen LogP) is 4.50. The van der Waals surface area contributed by atoms with Crippen LogP contribution in [0.5, 0.6) is 5.75 Å². The van der Waals surface area contributed by atoms with E-state index in [0.717, 1.165) is 5.56 Å². The first-order valence-electron chi connectivity index (χ1n) is 10.2. The molecule has 4 rings (SSSR count). The van der Waals surface area contributed by atoms with Crippen LogP contribution in [0.25, 0.3) is 5.76 Å². The molecule has 1 fully saturated rings. The van der Waals surface area contributed by atoms with E-state index in [1.165, 1.54) is 24.1 Å². The molecule has 1 amide bonds. The third kappa shape index (κ3) is 3.99. The Morgan fingerprint density at radius 2 is 1.62 bits per heavy atom. The fourth-order valence-corrected chi connectivity index (χ4v) is 3.93. The van der Waals surface area contributed by atoms with Crippen molar-refractivity contribution in [2.75, 3.05) is 13.7 Å². The third-order valence-electron chi connectivity index (χ3n) is 5.59. The van der Waals surface area contributed by atoms with E-state index in [-0.39, 0.29) is 23.4 Å². The van der Waals surface area contributed by atoms with Gasteiger partial charge in [-0.2, -0.15) is 0 Å². The lowest BCUT2D eigenvalue weighted by Gasteiger charge is -2.25. The van der Waals surface area contributed by atoms with Gasteiger partial charge in [0.2, 0.25) is 0 Å². The lowest BCUT2D eigenvalue weighted by atomic mass is 9.94. The number of methoxy groups -OCH3 is 1. The monoisotopic (exact) mass is 431 g/mol. The Labute approximate surface area is 185 Å². The summed E-state index contributed by atoms with van der Waals surface area (Å²) in [6, 6.07) is 20.9. The van der Waals surface area contributed by atoms with Crippen molar-refractivity contribution in [3.05, 3.63) is 107 Å². The molecule has 3 aromatic rings. The molecular weight excluding hydrogens is 409 g/mol. The summed E-state index contributed by atoms with van der Waals surface area (Å²) in [5.74, 6) is -1.91. The number of carbonyl (C=O) groups excluding carboxylic acids is 2. The van der Waals surface area contributed by atoms with Gasteiger partial charge in [0, 0.05) is 17.7 Å². The van der Waals surface area contributed by atoms with E-state index in [2.05, 4.69) is 0 Å². The van der Waals surface area contributed by atoms with E-state index in [4.69, 9.17) is 4.74 Å². The molecule has 1 atom stereocenters. The van der Waals surface area contributed by atoms with Crippen molar-refractivity contribution < 1.29 is 23.8 Å². The maximum absolute atomic E-state index is 14.8. The maximum Gasteiger partial charge on any atom is 0.295 e. The molecule has 1 heterocycles. The van der Waals surface area contributed by atoms with Crippen molar-refractivity contribution >= 4 is 17.4 Å². The number of aliphatic hydroxyl groups is 1. The van der Waals surface area contributed by atoms with Crippen LogP contribution < -0.4 is 4.74 Å². The van der Waals surface area contributed by atoms with Gasteiger partial charge >= 0.3 is 0 Å². The van der Waals surface area contributed by atoms with Gasteiger partial charge in [0.05, 0.1) is 18.7 Å². The number of nitrogens with zero attached hydrogens (tertiary/aromatic N) is 1. The zero-order valence-electron chi connectivity index (χ0n) is 17.5. The number of ether oxygens (including phenoxy) is 1. The number of halogens is 1. The Morgan fingerprint density at radius 3 is 2.28 bits per heavy atom. The van der Waals surface area contributed by atoms with Crippen molar-refractivity contribution in [1.82, 2.24) is 4.90 Å². The van der Waals surface area contributed by atoms with Crippen LogP contribution in [0, 0.1) is 5.82 Å². The van der Waals surface area contributed by atoms with Crippen LogP contribution in [-0.2, 0) is 16.0 Å². The summed E-state index contributed by atoms with van der Waals surface area (Å²) in [4.78, 5) is 27.3. The van der Waals surface area contributed by atoms with Crippen LogP contribution in [0.3, 0.4) is 0 Å². The standard InChI is InChI=1S/C26H22FNO4/c1-32-19-13-11-18(12-14-19)24(29)22-23(20-9-5-6-10-21(20)27)28(26(31)25(22)30)16-15-17-7-3-2-4-8-17/h2-14,23,29H,15-16H2,1H3. The summed E-state index contributed by atoms with van der Waals surface area (Å²) >= 11 is 0. The molecular formula is C26H22FNO4. The van der Waals surface area contributed by atoms with E-state index >= 15 is 0 Å². The smallest absolute Gasteiger partial charge is 0.295 e. The molecule has 5 nitrogen and oxygen atoms in total. The number of hydrogen-bond acceptors (Lipinski definition) is 4. The Bertz CT molecular complexity index is 1170. The van der Waals surface area contributed by atoms with Gasteiger partial charge in [-0.1, -0.05) is 48.5 Å². The van der Waals surface area contributed by atoms with Gasteiger partial charge in [0.25, 0.3) is 11.7 Å². The number of rotatable bonds is 6. The largest absolute Gasteiger partial charge is 0.507 e. The maximum atomic E-state index is 14.8. The van der Waals surface area contributed by atoms with E-state index < -0.39 is 23.5 Å². The molecule has 0 aliphatic carbocycles. The molecule has 1 aliphatic heterocycles. The summed E-state index contributed by atoms with van der Waals surface area (Å²) in [6.07, 6.45) is 0.487. The summed E-state index contributed by atoms with van der Waals surface area (Å²) < 4.78 is 19.9. The number of ketones is 1. The Balaban J connectivity index is 1.79. The summed E-state index contributed by atoms with van der Waals surface area (Å²) in [7, 11) is 1.52. The Hall–Kier alpha value is -3.93. The van der Waals surface area contributed by atoms with Gasteiger partial charge in [0.1, 0.15) is 17.3 Å². The van der Waals surface area contributed by atoms with Crippen molar-refractivity contribution in [2.24, 2.45) is 0 Å². The van der Waals surface area contributed by atoms with Crippen molar-refractivity contribution in [3.8, 4) is 5.75 Å². The number of Topliss-reactive ketones (excluding diaryl/α,β-unsaturated/α-hetero) is 1. The number of benzene rings is 3. The number of likely N-dealkylation sites (tertiary alicyclic amines) is 1. The van der Waals surface area contributed by atoms with Gasteiger partial charge in [-0.3, -0.25) is 9.59 Å². The highest BCUT2D eigenvalue weighted by atomic mass is 19.1. The molecule has 162 valence electrons. The van der Waals surface area contributed by atoms with E-state index in [9.17, 15) is 19.1 Å². The van der Waals surface area contributed by atoms with Crippen LogP contribution in [0.4, 0.5) is 4.39 Å². The van der Waals surface area contributed by atoms with Crippen molar-refractivity contribution in [3.63, 3.8) is 0 Å². The second kappa shape index (κ2) is 9.06. The zero-order chi connectivity index (χ0) is 22.7. The van der Waals surface area contributed by atoms with Gasteiger partial charge in [0.15, 0.2) is 0 Å². The summed E-state index contributed by atoms with van der Waals surface area (Å²) in [6.45, 7) is 0.201. The van der Waals surface area contributed by atoms with E-state index in [1.807, 2.05) is 30.3 Å². The first-order chi connectivity index (χ1) is 15.5. The minimum absolute atomic E-state index is 0.127. The number of aliphatic hydroxyl groups excluding tert-OH is 1. The van der Waals surface area contributed by atoms with Gasteiger partial charge < -0.3 is 14.7 Å². The number of carbonyl (C=O) groups is 2. The lowest BCUT2D eigenvalue weighted by Crippen LogP contribution is -2.32. The molecule has 0 aromatic heterocycles. The van der Waals surface area contributed by atoms with Crippen LogP contribution in [0.1, 0.15) is 22.7 Å². The lowest BCUT2D eigenvalue weighted by molar-refractivity contribution is -0.139. The first kappa shape index (κ1) is 21.3. The SMILES string of the molecule is COc1ccc(C(O)=C2C(=O)C(=O)N(CCc3ccccc3)C2c2ccccc2F)cc1. The fraction of sp³-hybridized carbons (Fsp3) is 0.154. The average molecular weight is 431 g/mol. The van der Waals surface area contributed by atoms with Gasteiger partial charge in [-0.05, 0) is 42.3 Å². The molecule has 3 aromatic carbocycles. The predicted molar refractivity (Wildman–Crippen MR) is 119 cm³/mol. The fourth-order valence-electron chi connectivity index (χ4n) is 3.93. The van der Waals surface area contributed by atoms with Crippen LogP contribution in [-0.4, -0.2) is 35.4 Å². The minimum Gasteiger partial charge on any atom is -0.507 e. The molecule has 0 saturated carbocycles. The topological polar surface area (TPSA) is 66.8 Å². The molecule has 1 aliphatic rings. The highest BCUT2D eigenvalue weighted by Crippen LogP contribution is 2.40. The molecule has 32 heavy (non-hydrogen) atoms. The quantitative estimate of drug-likeness (QED) is 0.355. The molecule has 0 radical (unpaired) electrons. The Kier molecular flexibility index (Phi) is 6.03. The summed E-state index contributed by atoms with van der Waals surface area (Å²) in [5.41, 5.74) is 1.36. The second-order valence-corrected chi connectivity index (χ2v) is 7.48. The molecule has 1 N–H and O–H groups in total. The highest BCUT2D eigenvalue weighted by Gasteiger charge is 2.46. The van der Waals surface area contributed by atoms with Crippen LogP contribution in [0.2, 0.25) is 0 Å². The van der Waals surface area contributed by atoms with E-state index in [1.54, 1.807) is 36.4 Å². The average Bonchev–Trinajstić information content (AvgIpc) is 3.08. The number of amides is 1. The van der Waals surface area contributed by atoms with E-state index in [0.29, 0.717) is 17.7 Å². The molecule has 1 unspecified atom stereocenters. The van der Waals surface area contributed by atoms with Crippen LogP contribution >= 0.6 is 0 Å². The molecule has 0 spiro atoms. The molecule has 1 saturated heterocycles. The molecule has 0 bridgehead atoms.